The molecule has 156 valence electrons. The molecule has 4 heterocycles. The molecular weight excluding hydrogens is 383 g/mol. The number of aryl methyl sites for hydroxylation is 1. The maximum atomic E-state index is 13.4. The number of nitrogens with one attached hydrogen (secondary N) is 2. The first-order valence-electron chi connectivity index (χ1n) is 10.4. The molecule has 7 nitrogen and oxygen atoms in total. The lowest BCUT2D eigenvalue weighted by Gasteiger charge is -2.42. The summed E-state index contributed by atoms with van der Waals surface area (Å²) in [6.45, 7) is 3.26. The fourth-order valence-electron chi connectivity index (χ4n) is 4.76. The second-order valence-electron chi connectivity index (χ2n) is 8.47. The molecule has 3 aliphatic rings. The zero-order valence-corrected chi connectivity index (χ0v) is 16.9. The maximum Gasteiger partial charge on any atom is 0.229 e. The van der Waals surface area contributed by atoms with Crippen LogP contribution >= 0.6 is 0 Å². The van der Waals surface area contributed by atoms with Gasteiger partial charge in [0.2, 0.25) is 5.91 Å². The molecule has 2 bridgehead atoms. The van der Waals surface area contributed by atoms with Crippen LogP contribution < -0.4 is 0 Å². The summed E-state index contributed by atoms with van der Waals surface area (Å²) in [5.41, 5.74) is 3.82. The van der Waals surface area contributed by atoms with Crippen molar-refractivity contribution < 1.29 is 9.18 Å². The Morgan fingerprint density at radius 3 is 2.63 bits per heavy atom. The average Bonchev–Trinajstić information content (AvgIpc) is 3.16. The van der Waals surface area contributed by atoms with Crippen molar-refractivity contribution in [2.24, 2.45) is 10.9 Å². The largest absolute Gasteiger partial charge is 0.358 e. The van der Waals surface area contributed by atoms with Crippen molar-refractivity contribution in [1.29, 1.82) is 5.41 Å². The van der Waals surface area contributed by atoms with Gasteiger partial charge in [-0.05, 0) is 38.3 Å². The van der Waals surface area contributed by atoms with Gasteiger partial charge in [-0.1, -0.05) is 6.07 Å². The quantitative estimate of drug-likeness (QED) is 0.602. The van der Waals surface area contributed by atoms with Crippen LogP contribution in [0.2, 0.25) is 0 Å². The lowest BCUT2D eigenvalue weighted by Crippen LogP contribution is -2.57. The number of nitrogens with zero attached hydrogens (tertiary/aromatic N) is 4. The van der Waals surface area contributed by atoms with E-state index in [1.165, 1.54) is 0 Å². The molecule has 2 aromatic rings. The van der Waals surface area contributed by atoms with Gasteiger partial charge in [0.05, 0.1) is 11.6 Å². The maximum absolute atomic E-state index is 13.4. The van der Waals surface area contributed by atoms with Crippen LogP contribution in [0, 0.1) is 18.3 Å². The van der Waals surface area contributed by atoms with E-state index in [2.05, 4.69) is 19.9 Å². The Hall–Kier alpha value is -3.03. The Labute approximate surface area is 174 Å². The predicted molar refractivity (Wildman–Crippen MR) is 112 cm³/mol. The third kappa shape index (κ3) is 3.30. The molecule has 8 heteroatoms. The zero-order valence-electron chi connectivity index (χ0n) is 16.9. The van der Waals surface area contributed by atoms with Crippen LogP contribution in [0.15, 0.2) is 35.6 Å². The predicted octanol–water partition coefficient (Wildman–Crippen LogP) is 2.77. The molecule has 2 saturated heterocycles. The van der Waals surface area contributed by atoms with Gasteiger partial charge in [-0.3, -0.25) is 15.2 Å². The highest BCUT2D eigenvalue weighted by Crippen LogP contribution is 2.40. The number of halogens is 1. The number of fused-ring (bicyclic) bond motifs is 2. The lowest BCUT2D eigenvalue weighted by molar-refractivity contribution is -0.138. The Morgan fingerprint density at radius 1 is 1.30 bits per heavy atom. The number of H-pyrrole nitrogens is 1. The third-order valence-electron chi connectivity index (χ3n) is 6.42. The molecule has 1 saturated carbocycles. The molecule has 2 aromatic heterocycles. The van der Waals surface area contributed by atoms with Crippen LogP contribution in [0.4, 0.5) is 4.39 Å². The van der Waals surface area contributed by atoms with Crippen LogP contribution in [0.5, 0.6) is 0 Å². The number of aliphatic imine (C=N–C) groups is 1. The fourth-order valence-corrected chi connectivity index (χ4v) is 4.76. The zero-order chi connectivity index (χ0) is 20.8. The van der Waals surface area contributed by atoms with Gasteiger partial charge in [0.1, 0.15) is 12.5 Å². The van der Waals surface area contributed by atoms with E-state index in [-0.39, 0.29) is 18.0 Å². The van der Waals surface area contributed by atoms with Gasteiger partial charge < -0.3 is 14.8 Å². The number of amidine groups is 1. The number of hydrogen-bond acceptors (Lipinski definition) is 3. The highest BCUT2D eigenvalue weighted by molar-refractivity contribution is 6.02. The number of rotatable bonds is 4. The number of aromatic amines is 1. The van der Waals surface area contributed by atoms with Crippen molar-refractivity contribution in [2.75, 3.05) is 13.1 Å². The summed E-state index contributed by atoms with van der Waals surface area (Å²) in [5, 5.41) is 7.54. The molecule has 30 heavy (non-hydrogen) atoms. The lowest BCUT2D eigenvalue weighted by atomic mass is 10.1. The van der Waals surface area contributed by atoms with Crippen molar-refractivity contribution in [3.63, 3.8) is 0 Å². The summed E-state index contributed by atoms with van der Waals surface area (Å²) in [7, 11) is 0. The van der Waals surface area contributed by atoms with Crippen LogP contribution in [0.3, 0.4) is 0 Å². The van der Waals surface area contributed by atoms with E-state index in [1.54, 1.807) is 0 Å². The molecule has 3 fully saturated rings. The van der Waals surface area contributed by atoms with Crippen molar-refractivity contribution in [3.8, 4) is 11.1 Å². The number of amides is 1. The minimum absolute atomic E-state index is 0.0192. The SMILES string of the molecule is Cc1ccc(-c2c[nH]c(C(=NC=N)N3CC4CCC(C3)N4C(=O)[C@@H]3C[C@H]3F)c2)cn1. The van der Waals surface area contributed by atoms with Gasteiger partial charge >= 0.3 is 0 Å². The Kier molecular flexibility index (Phi) is 4.64. The van der Waals surface area contributed by atoms with Crippen molar-refractivity contribution in [1.82, 2.24) is 19.8 Å². The average molecular weight is 408 g/mol. The van der Waals surface area contributed by atoms with Gasteiger partial charge in [0.15, 0.2) is 5.84 Å². The third-order valence-corrected chi connectivity index (χ3v) is 6.42. The molecular formula is C22H25FN6O. The number of carbonyl (C=O) groups excluding carboxylic acids is 1. The highest BCUT2D eigenvalue weighted by Gasteiger charge is 2.51. The van der Waals surface area contributed by atoms with E-state index < -0.39 is 12.1 Å². The smallest absolute Gasteiger partial charge is 0.229 e. The topological polar surface area (TPSA) is 88.4 Å². The summed E-state index contributed by atoms with van der Waals surface area (Å²) in [5.74, 6) is 0.257. The second kappa shape index (κ2) is 7.34. The molecule has 4 atom stereocenters. The minimum Gasteiger partial charge on any atom is -0.358 e. The Balaban J connectivity index is 1.36. The molecule has 1 aliphatic carbocycles. The number of piperazine rings is 1. The number of alkyl halides is 1. The van der Waals surface area contributed by atoms with E-state index in [4.69, 9.17) is 5.41 Å². The molecule has 0 aromatic carbocycles. The number of hydrogen-bond donors (Lipinski definition) is 2. The van der Waals surface area contributed by atoms with E-state index in [9.17, 15) is 9.18 Å². The molecule has 2 unspecified atom stereocenters. The van der Waals surface area contributed by atoms with Gasteiger partial charge in [0.25, 0.3) is 0 Å². The van der Waals surface area contributed by atoms with Crippen LogP contribution in [-0.2, 0) is 4.79 Å². The first kappa shape index (κ1) is 19.0. The molecule has 5 rings (SSSR count). The molecule has 0 radical (unpaired) electrons. The Bertz CT molecular complexity index is 985. The van der Waals surface area contributed by atoms with Crippen LogP contribution in [0.25, 0.3) is 11.1 Å². The summed E-state index contributed by atoms with van der Waals surface area (Å²) in [6.07, 6.45) is 6.09. The van der Waals surface area contributed by atoms with Gasteiger partial charge in [-0.25, -0.2) is 9.38 Å². The van der Waals surface area contributed by atoms with Gasteiger partial charge in [-0.15, -0.1) is 0 Å². The molecule has 2 aliphatic heterocycles. The van der Waals surface area contributed by atoms with Crippen molar-refractivity contribution >= 4 is 18.1 Å². The summed E-state index contributed by atoms with van der Waals surface area (Å²) in [6, 6.07) is 6.19. The van der Waals surface area contributed by atoms with Crippen molar-refractivity contribution in [3.05, 3.63) is 42.0 Å². The van der Waals surface area contributed by atoms with E-state index in [1.807, 2.05) is 42.4 Å². The van der Waals surface area contributed by atoms with Crippen LogP contribution in [0.1, 0.15) is 30.7 Å². The molecule has 1 amide bonds. The van der Waals surface area contributed by atoms with Crippen LogP contribution in [-0.4, -0.2) is 69.2 Å². The normalized spacial score (nSPS) is 28.0. The summed E-state index contributed by atoms with van der Waals surface area (Å²) < 4.78 is 13.4. The molecule has 2 N–H and O–H groups in total. The standard InChI is InChI=1S/C22H25FN6O/c1-13-2-3-14(8-25-13)15-6-20(26-9-15)21(27-12-24)28-10-16-4-5-17(11-28)29(16)22(30)18-7-19(18)23/h2-3,6,8-9,12,16-19,24,26H,4-5,7,10-11H2,1H3/t16?,17?,18-,19-/m1/s1. The summed E-state index contributed by atoms with van der Waals surface area (Å²) in [4.78, 5) is 28.7. The fraction of sp³-hybridized carbons (Fsp3) is 0.455. The van der Waals surface area contributed by atoms with E-state index >= 15 is 0 Å². The number of likely N-dealkylation sites (tertiary alicyclic amines) is 1. The second-order valence-corrected chi connectivity index (χ2v) is 8.47. The minimum atomic E-state index is -0.960. The summed E-state index contributed by atoms with van der Waals surface area (Å²) >= 11 is 0. The van der Waals surface area contributed by atoms with E-state index in [0.29, 0.717) is 25.3 Å². The van der Waals surface area contributed by atoms with Crippen molar-refractivity contribution in [2.45, 2.75) is 44.4 Å². The highest BCUT2D eigenvalue weighted by atomic mass is 19.1. The number of pyridine rings is 1. The van der Waals surface area contributed by atoms with E-state index in [0.717, 1.165) is 41.7 Å². The van der Waals surface area contributed by atoms with Gasteiger partial charge in [-0.2, -0.15) is 0 Å². The Morgan fingerprint density at radius 2 is 2.03 bits per heavy atom. The molecule has 0 spiro atoms. The first-order valence-corrected chi connectivity index (χ1v) is 10.4. The number of aromatic nitrogens is 2. The van der Waals surface area contributed by atoms with Gasteiger partial charge in [0, 0.05) is 54.4 Å². The monoisotopic (exact) mass is 408 g/mol. The number of carbonyl (C=O) groups is 1. The first-order chi connectivity index (χ1) is 14.5.